The zero-order chi connectivity index (χ0) is 17.9. The largest absolute Gasteiger partial charge is 0.462 e. The van der Waals surface area contributed by atoms with Gasteiger partial charge in [-0.3, -0.25) is 10.1 Å². The number of benzene rings is 2. The van der Waals surface area contributed by atoms with Gasteiger partial charge in [-0.1, -0.05) is 12.1 Å². The average molecular weight is 339 g/mol. The van der Waals surface area contributed by atoms with Gasteiger partial charge in [0.25, 0.3) is 5.69 Å². The van der Waals surface area contributed by atoms with Gasteiger partial charge in [-0.05, 0) is 30.7 Å². The van der Waals surface area contributed by atoms with E-state index >= 15 is 0 Å². The zero-order valence-corrected chi connectivity index (χ0v) is 12.5. The number of hydrogen-bond acceptors (Lipinski definition) is 4. The van der Waals surface area contributed by atoms with E-state index in [1.165, 1.54) is 6.07 Å². The third-order valence-corrected chi connectivity index (χ3v) is 3.23. The molecule has 0 radical (unpaired) electrons. The molecule has 2 aromatic carbocycles. The van der Waals surface area contributed by atoms with Crippen molar-refractivity contribution >= 4 is 11.7 Å². The van der Waals surface area contributed by atoms with Gasteiger partial charge >= 0.3 is 12.1 Å². The molecule has 2 rings (SSSR count). The molecule has 0 atom stereocenters. The number of nitrogens with zero attached hydrogens (tertiary/aromatic N) is 1. The van der Waals surface area contributed by atoms with E-state index < -0.39 is 22.6 Å². The normalized spacial score (nSPS) is 11.2. The van der Waals surface area contributed by atoms with Crippen LogP contribution in [0.15, 0.2) is 42.5 Å². The maximum Gasteiger partial charge on any atom is 0.416 e. The van der Waals surface area contributed by atoms with Gasteiger partial charge in [0.1, 0.15) is 0 Å². The number of halogens is 3. The molecule has 0 saturated carbocycles. The lowest BCUT2D eigenvalue weighted by atomic mass is 9.98. The summed E-state index contributed by atoms with van der Waals surface area (Å²) in [6, 6.07) is 7.51. The first-order valence-corrected chi connectivity index (χ1v) is 6.87. The van der Waals surface area contributed by atoms with Gasteiger partial charge in [-0.2, -0.15) is 13.2 Å². The van der Waals surface area contributed by atoms with Crippen LogP contribution in [-0.2, 0) is 10.9 Å². The fourth-order valence-electron chi connectivity index (χ4n) is 2.11. The Kier molecular flexibility index (Phi) is 4.87. The molecule has 0 aliphatic carbocycles. The molecule has 0 spiro atoms. The summed E-state index contributed by atoms with van der Waals surface area (Å²) in [6.45, 7) is 1.70. The number of rotatable bonds is 4. The van der Waals surface area contributed by atoms with Gasteiger partial charge in [-0.15, -0.1) is 0 Å². The summed E-state index contributed by atoms with van der Waals surface area (Å²) in [7, 11) is 0. The van der Waals surface area contributed by atoms with Gasteiger partial charge in [0.05, 0.1) is 22.7 Å². The van der Waals surface area contributed by atoms with E-state index in [4.69, 9.17) is 4.74 Å². The number of nitro benzene ring substituents is 1. The van der Waals surface area contributed by atoms with Crippen LogP contribution in [0, 0.1) is 10.1 Å². The summed E-state index contributed by atoms with van der Waals surface area (Å²) in [6.07, 6.45) is -4.49. The Morgan fingerprint density at radius 1 is 1.17 bits per heavy atom. The van der Waals surface area contributed by atoms with Gasteiger partial charge < -0.3 is 4.74 Å². The Bertz CT molecular complexity index is 770. The molecular weight excluding hydrogens is 327 g/mol. The third-order valence-electron chi connectivity index (χ3n) is 3.23. The highest BCUT2D eigenvalue weighted by Gasteiger charge is 2.30. The average Bonchev–Trinajstić information content (AvgIpc) is 2.53. The van der Waals surface area contributed by atoms with E-state index in [-0.39, 0.29) is 29.0 Å². The number of carbonyl (C=O) groups excluding carboxylic acids is 1. The summed E-state index contributed by atoms with van der Waals surface area (Å²) in [5.41, 5.74) is -0.708. The van der Waals surface area contributed by atoms with Crippen molar-refractivity contribution in [2.75, 3.05) is 6.61 Å². The molecule has 0 heterocycles. The summed E-state index contributed by atoms with van der Waals surface area (Å²) in [5.74, 6) is -0.706. The van der Waals surface area contributed by atoms with Crippen molar-refractivity contribution in [3.63, 3.8) is 0 Å². The van der Waals surface area contributed by atoms with E-state index in [9.17, 15) is 28.1 Å². The Labute approximate surface area is 134 Å². The molecule has 0 fully saturated rings. The monoisotopic (exact) mass is 339 g/mol. The molecule has 0 amide bonds. The van der Waals surface area contributed by atoms with Crippen LogP contribution in [0.3, 0.4) is 0 Å². The van der Waals surface area contributed by atoms with Gasteiger partial charge in [0.2, 0.25) is 0 Å². The van der Waals surface area contributed by atoms with E-state index in [1.54, 1.807) is 6.92 Å². The predicted molar refractivity (Wildman–Crippen MR) is 79.5 cm³/mol. The molecule has 0 aliphatic rings. The lowest BCUT2D eigenvalue weighted by molar-refractivity contribution is -0.384. The third kappa shape index (κ3) is 3.70. The minimum Gasteiger partial charge on any atom is -0.462 e. The van der Waals surface area contributed by atoms with E-state index in [2.05, 4.69) is 0 Å². The van der Waals surface area contributed by atoms with Crippen LogP contribution in [0.1, 0.15) is 22.8 Å². The minimum atomic E-state index is -4.49. The van der Waals surface area contributed by atoms with E-state index in [0.29, 0.717) is 0 Å². The fourth-order valence-corrected chi connectivity index (χ4v) is 2.11. The van der Waals surface area contributed by atoms with Crippen molar-refractivity contribution in [3.05, 3.63) is 63.7 Å². The van der Waals surface area contributed by atoms with Crippen LogP contribution in [0.25, 0.3) is 11.1 Å². The number of hydrogen-bond donors (Lipinski definition) is 0. The molecule has 126 valence electrons. The number of carbonyl (C=O) groups is 1. The van der Waals surface area contributed by atoms with Crippen LogP contribution in [0.5, 0.6) is 0 Å². The van der Waals surface area contributed by atoms with Crippen molar-refractivity contribution in [2.45, 2.75) is 13.1 Å². The molecule has 0 bridgehead atoms. The Balaban J connectivity index is 2.55. The standard InChI is InChI=1S/C16H12F3NO4/c1-2-24-15(21)13-8-7-12(20(22)23)9-14(13)10-3-5-11(6-4-10)16(17,18)19/h3-9H,2H2,1H3. The maximum atomic E-state index is 12.6. The second-order valence-electron chi connectivity index (χ2n) is 4.78. The minimum absolute atomic E-state index is 0.0437. The number of nitro groups is 1. The maximum absolute atomic E-state index is 12.6. The van der Waals surface area contributed by atoms with Crippen molar-refractivity contribution in [1.82, 2.24) is 0 Å². The lowest BCUT2D eigenvalue weighted by Crippen LogP contribution is -2.07. The molecule has 0 N–H and O–H groups in total. The van der Waals surface area contributed by atoms with Crippen molar-refractivity contribution in [3.8, 4) is 11.1 Å². The predicted octanol–water partition coefficient (Wildman–Crippen LogP) is 4.46. The van der Waals surface area contributed by atoms with Crippen molar-refractivity contribution in [1.29, 1.82) is 0 Å². The summed E-state index contributed by atoms with van der Waals surface area (Å²) in [4.78, 5) is 22.2. The number of ether oxygens (including phenoxy) is 1. The quantitative estimate of drug-likeness (QED) is 0.468. The van der Waals surface area contributed by atoms with Gasteiger partial charge in [0.15, 0.2) is 0 Å². The molecule has 0 aliphatic heterocycles. The summed E-state index contributed by atoms with van der Waals surface area (Å²) < 4.78 is 42.8. The zero-order valence-electron chi connectivity index (χ0n) is 12.5. The van der Waals surface area contributed by atoms with Crippen LogP contribution >= 0.6 is 0 Å². The second-order valence-corrected chi connectivity index (χ2v) is 4.78. The molecule has 0 saturated heterocycles. The molecule has 8 heteroatoms. The second kappa shape index (κ2) is 6.69. The smallest absolute Gasteiger partial charge is 0.416 e. The topological polar surface area (TPSA) is 69.4 Å². The van der Waals surface area contributed by atoms with Crippen molar-refractivity contribution in [2.24, 2.45) is 0 Å². The van der Waals surface area contributed by atoms with E-state index in [0.717, 1.165) is 36.4 Å². The Morgan fingerprint density at radius 2 is 1.79 bits per heavy atom. The van der Waals surface area contributed by atoms with Crippen LogP contribution < -0.4 is 0 Å². The highest BCUT2D eigenvalue weighted by atomic mass is 19.4. The summed E-state index contributed by atoms with van der Waals surface area (Å²) in [5, 5.41) is 10.9. The fraction of sp³-hybridized carbons (Fsp3) is 0.188. The molecule has 0 unspecified atom stereocenters. The Hall–Kier alpha value is -2.90. The van der Waals surface area contributed by atoms with Gasteiger partial charge in [0, 0.05) is 17.7 Å². The molecule has 5 nitrogen and oxygen atoms in total. The SMILES string of the molecule is CCOC(=O)c1ccc([N+](=O)[O-])cc1-c1ccc(C(F)(F)F)cc1. The first-order chi connectivity index (χ1) is 11.2. The molecule has 24 heavy (non-hydrogen) atoms. The molecule has 2 aromatic rings. The molecular formula is C16H12F3NO4. The van der Waals surface area contributed by atoms with E-state index in [1.807, 2.05) is 0 Å². The first-order valence-electron chi connectivity index (χ1n) is 6.87. The Morgan fingerprint density at radius 3 is 2.29 bits per heavy atom. The highest BCUT2D eigenvalue weighted by Crippen LogP contribution is 2.33. The van der Waals surface area contributed by atoms with Crippen LogP contribution in [0.4, 0.5) is 18.9 Å². The van der Waals surface area contributed by atoms with Crippen molar-refractivity contribution < 1.29 is 27.6 Å². The van der Waals surface area contributed by atoms with Crippen LogP contribution in [-0.4, -0.2) is 17.5 Å². The number of non-ortho nitro benzene ring substituents is 1. The first kappa shape index (κ1) is 17.5. The van der Waals surface area contributed by atoms with Gasteiger partial charge in [-0.25, -0.2) is 4.79 Å². The molecule has 0 aromatic heterocycles. The number of esters is 1. The summed E-state index contributed by atoms with van der Waals surface area (Å²) >= 11 is 0. The lowest BCUT2D eigenvalue weighted by Gasteiger charge is -2.11. The van der Waals surface area contributed by atoms with Crippen LogP contribution in [0.2, 0.25) is 0 Å². The highest BCUT2D eigenvalue weighted by molar-refractivity contribution is 5.97. The number of alkyl halides is 3.